The number of hydrogen-bond donors (Lipinski definition) is 1. The van der Waals surface area contributed by atoms with E-state index in [0.29, 0.717) is 44.5 Å². The Morgan fingerprint density at radius 3 is 2.41 bits per heavy atom. The van der Waals surface area contributed by atoms with Crippen molar-refractivity contribution in [1.29, 1.82) is 0 Å². The Bertz CT molecular complexity index is 1030. The number of benzene rings is 2. The number of carbonyl (C=O) groups is 3. The summed E-state index contributed by atoms with van der Waals surface area (Å²) >= 11 is 0. The first kappa shape index (κ1) is 28.2. The largest absolute Gasteiger partial charge is 0.466 e. The zero-order valence-electron chi connectivity index (χ0n) is 21.9. The highest BCUT2D eigenvalue weighted by atomic mass is 16.5. The van der Waals surface area contributed by atoms with Gasteiger partial charge in [-0.05, 0) is 63.3 Å². The quantitative estimate of drug-likeness (QED) is 0.324. The van der Waals surface area contributed by atoms with Crippen LogP contribution in [0.1, 0.15) is 44.2 Å². The number of rotatable bonds is 13. The molecule has 0 bridgehead atoms. The van der Waals surface area contributed by atoms with Crippen molar-refractivity contribution in [3.05, 3.63) is 65.7 Å². The van der Waals surface area contributed by atoms with Gasteiger partial charge in [-0.15, -0.1) is 0 Å². The molecule has 0 aromatic heterocycles. The lowest BCUT2D eigenvalue weighted by atomic mass is 9.98. The van der Waals surface area contributed by atoms with Crippen LogP contribution in [0.4, 0.5) is 10.5 Å². The molecule has 2 amide bonds. The summed E-state index contributed by atoms with van der Waals surface area (Å²) in [7, 11) is 0. The Morgan fingerprint density at radius 1 is 1.00 bits per heavy atom. The molecule has 200 valence electrons. The van der Waals surface area contributed by atoms with Crippen molar-refractivity contribution in [2.24, 2.45) is 11.7 Å². The van der Waals surface area contributed by atoms with Crippen LogP contribution in [0.2, 0.25) is 0 Å². The number of aryl methyl sites for hydroxylation is 1. The Kier molecular flexibility index (Phi) is 11.0. The molecule has 2 aromatic rings. The lowest BCUT2D eigenvalue weighted by Crippen LogP contribution is -2.52. The molecule has 37 heavy (non-hydrogen) atoms. The van der Waals surface area contributed by atoms with E-state index in [1.54, 1.807) is 18.7 Å². The molecular weight excluding hydrogens is 470 g/mol. The molecular formula is C29H39N3O5. The van der Waals surface area contributed by atoms with E-state index in [-0.39, 0.29) is 31.8 Å². The first-order chi connectivity index (χ1) is 18.0. The minimum Gasteiger partial charge on any atom is -0.466 e. The third-order valence-electron chi connectivity index (χ3n) is 6.58. The fourth-order valence-electron chi connectivity index (χ4n) is 4.71. The average Bonchev–Trinajstić information content (AvgIpc) is 3.30. The van der Waals surface area contributed by atoms with Crippen LogP contribution in [0, 0.1) is 5.92 Å². The summed E-state index contributed by atoms with van der Waals surface area (Å²) in [6.07, 6.45) is 3.06. The zero-order valence-corrected chi connectivity index (χ0v) is 21.9. The molecule has 1 aliphatic heterocycles. The number of urea groups is 1. The second kappa shape index (κ2) is 14.4. The first-order valence-corrected chi connectivity index (χ1v) is 13.2. The van der Waals surface area contributed by atoms with E-state index in [9.17, 15) is 14.4 Å². The summed E-state index contributed by atoms with van der Waals surface area (Å²) in [6, 6.07) is 16.4. The van der Waals surface area contributed by atoms with Gasteiger partial charge in [-0.1, -0.05) is 48.5 Å². The third kappa shape index (κ3) is 7.55. The minimum absolute atomic E-state index is 0.198. The number of para-hydroxylation sites is 1. The van der Waals surface area contributed by atoms with E-state index in [1.165, 1.54) is 4.90 Å². The van der Waals surface area contributed by atoms with Gasteiger partial charge in [0.15, 0.2) is 0 Å². The van der Waals surface area contributed by atoms with Crippen molar-refractivity contribution >= 4 is 23.7 Å². The highest BCUT2D eigenvalue weighted by molar-refractivity contribution is 6.01. The zero-order chi connectivity index (χ0) is 26.6. The maximum Gasteiger partial charge on any atom is 0.329 e. The lowest BCUT2D eigenvalue weighted by molar-refractivity contribution is -0.149. The number of amides is 2. The number of nitrogens with zero attached hydrogens (tertiary/aromatic N) is 2. The van der Waals surface area contributed by atoms with Crippen LogP contribution < -0.4 is 10.6 Å². The van der Waals surface area contributed by atoms with Gasteiger partial charge in [0.25, 0.3) is 0 Å². The molecule has 1 aliphatic rings. The Balaban J connectivity index is 1.87. The minimum atomic E-state index is -0.743. The molecule has 0 radical (unpaired) electrons. The van der Waals surface area contributed by atoms with Gasteiger partial charge < -0.3 is 20.1 Å². The van der Waals surface area contributed by atoms with Crippen LogP contribution in [0.3, 0.4) is 0 Å². The van der Waals surface area contributed by atoms with E-state index in [4.69, 9.17) is 15.2 Å². The van der Waals surface area contributed by atoms with Crippen LogP contribution in [-0.4, -0.2) is 61.8 Å². The number of fused-ring (bicyclic) bond motifs is 1. The topological polar surface area (TPSA) is 102 Å². The fourth-order valence-corrected chi connectivity index (χ4v) is 4.71. The van der Waals surface area contributed by atoms with Gasteiger partial charge in [0.1, 0.15) is 6.04 Å². The summed E-state index contributed by atoms with van der Waals surface area (Å²) in [5, 5.41) is 0. The summed E-state index contributed by atoms with van der Waals surface area (Å²) in [4.78, 5) is 43.1. The molecule has 0 saturated carbocycles. The van der Waals surface area contributed by atoms with E-state index in [2.05, 4.69) is 0 Å². The van der Waals surface area contributed by atoms with Crippen molar-refractivity contribution in [1.82, 2.24) is 4.90 Å². The molecule has 1 heterocycles. The number of ether oxygens (including phenoxy) is 2. The predicted octanol–water partition coefficient (Wildman–Crippen LogP) is 3.95. The molecule has 3 rings (SSSR count). The van der Waals surface area contributed by atoms with Crippen LogP contribution in [0.5, 0.6) is 0 Å². The van der Waals surface area contributed by atoms with Gasteiger partial charge in [0.05, 0.1) is 19.1 Å². The maximum atomic E-state index is 14.1. The van der Waals surface area contributed by atoms with Crippen LogP contribution in [0.25, 0.3) is 0 Å². The van der Waals surface area contributed by atoms with Crippen molar-refractivity contribution in [3.8, 4) is 0 Å². The normalized spacial score (nSPS) is 15.1. The third-order valence-corrected chi connectivity index (χ3v) is 6.58. The Morgan fingerprint density at radius 2 is 1.70 bits per heavy atom. The van der Waals surface area contributed by atoms with E-state index >= 15 is 0 Å². The van der Waals surface area contributed by atoms with E-state index in [1.807, 2.05) is 54.6 Å². The first-order valence-electron chi connectivity index (χ1n) is 13.2. The average molecular weight is 510 g/mol. The molecule has 2 atom stereocenters. The summed E-state index contributed by atoms with van der Waals surface area (Å²) in [5.74, 6) is -1.25. The number of esters is 2. The van der Waals surface area contributed by atoms with Gasteiger partial charge in [-0.25, -0.2) is 9.59 Å². The van der Waals surface area contributed by atoms with Crippen LogP contribution in [0.15, 0.2) is 54.6 Å². The van der Waals surface area contributed by atoms with Gasteiger partial charge in [0.2, 0.25) is 0 Å². The van der Waals surface area contributed by atoms with E-state index in [0.717, 1.165) is 17.5 Å². The second-order valence-corrected chi connectivity index (χ2v) is 9.17. The van der Waals surface area contributed by atoms with Gasteiger partial charge >= 0.3 is 18.0 Å². The predicted molar refractivity (Wildman–Crippen MR) is 143 cm³/mol. The second-order valence-electron chi connectivity index (χ2n) is 9.17. The molecule has 2 aromatic carbocycles. The van der Waals surface area contributed by atoms with Gasteiger partial charge in [0, 0.05) is 25.2 Å². The van der Waals surface area contributed by atoms with Crippen molar-refractivity contribution in [3.63, 3.8) is 0 Å². The monoisotopic (exact) mass is 509 g/mol. The maximum absolute atomic E-state index is 14.1. The molecule has 8 nitrogen and oxygen atoms in total. The molecule has 8 heteroatoms. The van der Waals surface area contributed by atoms with Gasteiger partial charge in [-0.2, -0.15) is 0 Å². The highest BCUT2D eigenvalue weighted by Gasteiger charge is 2.41. The van der Waals surface area contributed by atoms with Crippen LogP contribution in [-0.2, 0) is 31.9 Å². The number of nitrogens with two attached hydrogens (primary N) is 1. The summed E-state index contributed by atoms with van der Waals surface area (Å²) in [6.45, 7) is 5.16. The standard InChI is InChI=1S/C29H39N3O5/c1-3-36-27(33)24(17-16-22-12-6-5-7-13-22)21-31(19-11-10-18-30)29(35)32-25-15-9-8-14-23(25)20-26(32)28(34)37-4-2/h5-9,12-15,24,26H,3-4,10-11,16-21,30H2,1-2H3/t24?,26-/m0/s1. The van der Waals surface area contributed by atoms with Crippen molar-refractivity contribution in [2.75, 3.05) is 37.7 Å². The molecule has 0 aliphatic carbocycles. The summed E-state index contributed by atoms with van der Waals surface area (Å²) in [5.41, 5.74) is 8.46. The Labute approximate surface area is 219 Å². The number of unbranched alkanes of at least 4 members (excludes halogenated alkanes) is 1. The molecule has 0 fully saturated rings. The molecule has 0 saturated heterocycles. The van der Waals surface area contributed by atoms with E-state index < -0.39 is 17.9 Å². The lowest BCUT2D eigenvalue weighted by Gasteiger charge is -2.33. The summed E-state index contributed by atoms with van der Waals surface area (Å²) < 4.78 is 10.7. The number of hydrogen-bond acceptors (Lipinski definition) is 6. The number of anilines is 1. The Hall–Kier alpha value is -3.39. The van der Waals surface area contributed by atoms with Gasteiger partial charge in [-0.3, -0.25) is 9.69 Å². The molecule has 0 spiro atoms. The fraction of sp³-hybridized carbons (Fsp3) is 0.483. The smallest absolute Gasteiger partial charge is 0.329 e. The number of carbonyl (C=O) groups excluding carboxylic acids is 3. The van der Waals surface area contributed by atoms with Crippen molar-refractivity contribution < 1.29 is 23.9 Å². The SMILES string of the molecule is CCOC(=O)C(CCc1ccccc1)CN(CCCCN)C(=O)N1c2ccccc2C[C@H]1C(=O)OCC. The molecule has 1 unspecified atom stereocenters. The van der Waals surface area contributed by atoms with Crippen molar-refractivity contribution in [2.45, 2.75) is 52.0 Å². The highest BCUT2D eigenvalue weighted by Crippen LogP contribution is 2.34. The molecule has 2 N–H and O–H groups in total. The van der Waals surface area contributed by atoms with Crippen LogP contribution >= 0.6 is 0 Å².